The molecule has 1 aromatic carbocycles. The van der Waals surface area contributed by atoms with Gasteiger partial charge in [-0.1, -0.05) is 45.9 Å². The van der Waals surface area contributed by atoms with Crippen LogP contribution in [0.1, 0.15) is 64.9 Å². The van der Waals surface area contributed by atoms with Gasteiger partial charge in [0.15, 0.2) is 0 Å². The molecule has 0 aliphatic heterocycles. The monoisotopic (exact) mass is 425 g/mol. The van der Waals surface area contributed by atoms with Crippen LogP contribution in [-0.2, 0) is 16.6 Å². The van der Waals surface area contributed by atoms with E-state index in [-0.39, 0.29) is 22.4 Å². The fourth-order valence-corrected chi connectivity index (χ4v) is 6.27. The lowest BCUT2D eigenvalue weighted by Gasteiger charge is -2.46. The number of aliphatic hydroxyl groups is 2. The quantitative estimate of drug-likeness (QED) is 0.779. The van der Waals surface area contributed by atoms with Crippen LogP contribution in [0.2, 0.25) is 0 Å². The Hall–Kier alpha value is -1.98. The van der Waals surface area contributed by atoms with Crippen LogP contribution in [0.4, 0.5) is 0 Å². The van der Waals surface area contributed by atoms with Gasteiger partial charge in [0.05, 0.1) is 24.0 Å². The highest BCUT2D eigenvalue weighted by Crippen LogP contribution is 2.50. The summed E-state index contributed by atoms with van der Waals surface area (Å²) in [5.74, 6) is -1.94. The maximum atomic E-state index is 13.4. The number of para-hydroxylation sites is 1. The number of Topliss-reactive ketones (excluding diaryl/α,β-unsaturated/α-hetero) is 2. The normalized spacial score (nSPS) is 31.7. The topological polar surface area (TPSA) is 79.5 Å². The highest BCUT2D eigenvalue weighted by Gasteiger charge is 2.52. The number of benzene rings is 1. The number of aromatic nitrogens is 1. The van der Waals surface area contributed by atoms with Gasteiger partial charge in [-0.15, -0.1) is 0 Å². The van der Waals surface area contributed by atoms with Crippen molar-refractivity contribution in [3.8, 4) is 0 Å². The molecule has 168 valence electrons. The number of hydrogen-bond acceptors (Lipinski definition) is 4. The van der Waals surface area contributed by atoms with Crippen LogP contribution < -0.4 is 0 Å². The van der Waals surface area contributed by atoms with E-state index in [0.29, 0.717) is 25.7 Å². The third kappa shape index (κ3) is 3.98. The Morgan fingerprint density at radius 3 is 1.87 bits per heavy atom. The Balaban J connectivity index is 1.88. The van der Waals surface area contributed by atoms with E-state index in [4.69, 9.17) is 0 Å². The van der Waals surface area contributed by atoms with Crippen molar-refractivity contribution >= 4 is 22.5 Å². The van der Waals surface area contributed by atoms with Crippen molar-refractivity contribution in [3.63, 3.8) is 0 Å². The van der Waals surface area contributed by atoms with Gasteiger partial charge in [0.1, 0.15) is 11.6 Å². The number of hydrogen-bond donors (Lipinski definition) is 2. The molecule has 0 saturated heterocycles. The molecule has 0 spiro atoms. The minimum atomic E-state index is -0.838. The summed E-state index contributed by atoms with van der Waals surface area (Å²) >= 11 is 0. The first kappa shape index (κ1) is 22.2. The van der Waals surface area contributed by atoms with E-state index >= 15 is 0 Å². The summed E-state index contributed by atoms with van der Waals surface area (Å²) < 4.78 is 2.00. The van der Waals surface area contributed by atoms with Gasteiger partial charge < -0.3 is 14.8 Å². The summed E-state index contributed by atoms with van der Waals surface area (Å²) in [5.41, 5.74) is 1.35. The average molecular weight is 426 g/mol. The van der Waals surface area contributed by atoms with Gasteiger partial charge in [0, 0.05) is 42.9 Å². The van der Waals surface area contributed by atoms with Crippen LogP contribution in [0.5, 0.6) is 0 Å². The summed E-state index contributed by atoms with van der Waals surface area (Å²) in [7, 11) is 1.95. The highest BCUT2D eigenvalue weighted by atomic mass is 16.3. The summed E-state index contributed by atoms with van der Waals surface area (Å²) in [5, 5.41) is 23.3. The third-order valence-electron chi connectivity index (χ3n) is 7.46. The number of aliphatic hydroxyl groups excluding tert-OH is 2. The Morgan fingerprint density at radius 2 is 1.39 bits per heavy atom. The Labute approximate surface area is 184 Å². The molecule has 0 amide bonds. The van der Waals surface area contributed by atoms with Gasteiger partial charge >= 0.3 is 0 Å². The first-order chi connectivity index (χ1) is 14.4. The summed E-state index contributed by atoms with van der Waals surface area (Å²) in [6, 6.07) is 7.94. The largest absolute Gasteiger partial charge is 0.392 e. The number of carbonyl (C=O) groups is 2. The summed E-state index contributed by atoms with van der Waals surface area (Å²) in [6.45, 7) is 8.00. The minimum absolute atomic E-state index is 0.00785. The minimum Gasteiger partial charge on any atom is -0.392 e. The lowest BCUT2D eigenvalue weighted by molar-refractivity contribution is -0.144. The molecular weight excluding hydrogens is 390 g/mol. The molecular formula is C26H35NO4. The molecule has 5 nitrogen and oxygen atoms in total. The SMILES string of the molecule is Cn1cc(C([C@@H]2C(=O)CC(C)(C)C[C@H]2O)[C@@H]2C(=O)CC(C)(C)C[C@@H]2O)c2ccccc21. The van der Waals surface area contributed by atoms with Crippen molar-refractivity contribution < 1.29 is 19.8 Å². The molecule has 4 rings (SSSR count). The number of fused-ring (bicyclic) bond motifs is 1. The fraction of sp³-hybridized carbons (Fsp3) is 0.615. The molecule has 5 atom stereocenters. The molecule has 2 aliphatic carbocycles. The molecule has 2 saturated carbocycles. The van der Waals surface area contributed by atoms with Gasteiger partial charge in [0.2, 0.25) is 0 Å². The molecule has 5 heteroatoms. The smallest absolute Gasteiger partial charge is 0.139 e. The number of aryl methyl sites for hydroxylation is 1. The molecule has 2 fully saturated rings. The molecule has 2 aromatic rings. The van der Waals surface area contributed by atoms with Crippen LogP contribution in [0.25, 0.3) is 10.9 Å². The average Bonchev–Trinajstić information content (AvgIpc) is 2.94. The molecule has 1 aromatic heterocycles. The van der Waals surface area contributed by atoms with E-state index in [1.165, 1.54) is 0 Å². The predicted octanol–water partition coefficient (Wildman–Crippen LogP) is 3.99. The molecule has 2 aliphatic rings. The highest BCUT2D eigenvalue weighted by molar-refractivity contribution is 5.91. The van der Waals surface area contributed by atoms with Crippen LogP contribution in [-0.4, -0.2) is 38.6 Å². The van der Waals surface area contributed by atoms with Crippen LogP contribution in [0.3, 0.4) is 0 Å². The van der Waals surface area contributed by atoms with Crippen molar-refractivity contribution in [1.29, 1.82) is 0 Å². The van der Waals surface area contributed by atoms with E-state index < -0.39 is 30.0 Å². The first-order valence-corrected chi connectivity index (χ1v) is 11.4. The molecule has 2 N–H and O–H groups in total. The zero-order valence-corrected chi connectivity index (χ0v) is 19.3. The zero-order valence-electron chi connectivity index (χ0n) is 19.3. The zero-order chi connectivity index (χ0) is 22.7. The van der Waals surface area contributed by atoms with E-state index in [9.17, 15) is 19.8 Å². The molecule has 1 heterocycles. The lowest BCUT2D eigenvalue weighted by Crippen LogP contribution is -2.51. The van der Waals surface area contributed by atoms with Crippen molar-refractivity contribution in [3.05, 3.63) is 36.0 Å². The first-order valence-electron chi connectivity index (χ1n) is 11.4. The van der Waals surface area contributed by atoms with Crippen LogP contribution in [0.15, 0.2) is 30.5 Å². The molecule has 31 heavy (non-hydrogen) atoms. The van der Waals surface area contributed by atoms with E-state index in [2.05, 4.69) is 0 Å². The van der Waals surface area contributed by atoms with Gasteiger partial charge in [-0.2, -0.15) is 0 Å². The summed E-state index contributed by atoms with van der Waals surface area (Å²) in [4.78, 5) is 26.8. The molecule has 0 bridgehead atoms. The second-order valence-electron chi connectivity index (χ2n) is 11.4. The Bertz CT molecular complexity index is 976. The predicted molar refractivity (Wildman–Crippen MR) is 121 cm³/mol. The van der Waals surface area contributed by atoms with Crippen LogP contribution in [0, 0.1) is 22.7 Å². The number of rotatable bonds is 3. The summed E-state index contributed by atoms with van der Waals surface area (Å²) in [6.07, 6.45) is 2.07. The third-order valence-corrected chi connectivity index (χ3v) is 7.46. The van der Waals surface area contributed by atoms with E-state index in [1.807, 2.05) is 69.8 Å². The van der Waals surface area contributed by atoms with E-state index in [1.54, 1.807) is 0 Å². The van der Waals surface area contributed by atoms with Crippen molar-refractivity contribution in [1.82, 2.24) is 4.57 Å². The van der Waals surface area contributed by atoms with Crippen molar-refractivity contribution in [2.45, 2.75) is 71.5 Å². The van der Waals surface area contributed by atoms with Crippen molar-refractivity contribution in [2.24, 2.45) is 29.7 Å². The standard InChI is InChI=1S/C26H35NO4/c1-25(2)10-18(28)23(19(29)11-25)22(24-20(30)12-26(3,4)13-21(24)31)16-14-27(5)17-9-7-6-8-15(16)17/h6-9,14,18,20,22-24,28,30H,10-13H2,1-5H3/t18-,20+,22?,23-,24-/m0/s1. The van der Waals surface area contributed by atoms with E-state index in [0.717, 1.165) is 16.5 Å². The molecule has 0 radical (unpaired) electrons. The van der Waals surface area contributed by atoms with Gasteiger partial charge in [0.25, 0.3) is 0 Å². The Morgan fingerprint density at radius 1 is 0.903 bits per heavy atom. The maximum Gasteiger partial charge on any atom is 0.139 e. The second-order valence-corrected chi connectivity index (χ2v) is 11.4. The number of carbonyl (C=O) groups excluding carboxylic acids is 2. The molecule has 1 unspecified atom stereocenters. The maximum absolute atomic E-state index is 13.4. The van der Waals surface area contributed by atoms with Gasteiger partial charge in [-0.05, 0) is 35.3 Å². The van der Waals surface area contributed by atoms with Gasteiger partial charge in [-0.3, -0.25) is 9.59 Å². The lowest BCUT2D eigenvalue weighted by atomic mass is 9.58. The van der Waals surface area contributed by atoms with Gasteiger partial charge in [-0.25, -0.2) is 0 Å². The number of ketones is 2. The Kier molecular flexibility index (Phi) is 5.42. The van der Waals surface area contributed by atoms with Crippen molar-refractivity contribution in [2.75, 3.05) is 0 Å². The fourth-order valence-electron chi connectivity index (χ4n) is 6.27. The van der Waals surface area contributed by atoms with Crippen LogP contribution >= 0.6 is 0 Å². The second kappa shape index (κ2) is 7.56. The number of nitrogens with zero attached hydrogens (tertiary/aromatic N) is 1.